The zero-order valence-corrected chi connectivity index (χ0v) is 15.4. The Balaban J connectivity index is 1.70. The molecule has 0 saturated heterocycles. The van der Waals surface area contributed by atoms with E-state index in [0.717, 1.165) is 0 Å². The molecular formula is C19H13BrFN3O3. The Kier molecular flexibility index (Phi) is 5.77. The molecule has 6 nitrogen and oxygen atoms in total. The number of rotatable bonds is 5. The molecule has 1 heterocycles. The molecule has 0 aliphatic rings. The van der Waals surface area contributed by atoms with E-state index in [9.17, 15) is 14.0 Å². The van der Waals surface area contributed by atoms with Crippen molar-refractivity contribution in [2.75, 3.05) is 5.32 Å². The van der Waals surface area contributed by atoms with Crippen LogP contribution in [-0.4, -0.2) is 18.0 Å². The van der Waals surface area contributed by atoms with Gasteiger partial charge in [-0.1, -0.05) is 18.2 Å². The number of nitrogens with zero attached hydrogens (tertiary/aromatic N) is 1. The Morgan fingerprint density at radius 2 is 1.89 bits per heavy atom. The molecule has 2 amide bonds. The first-order valence-electron chi connectivity index (χ1n) is 7.77. The van der Waals surface area contributed by atoms with Crippen LogP contribution in [0.15, 0.2) is 74.9 Å². The van der Waals surface area contributed by atoms with E-state index in [1.54, 1.807) is 30.3 Å². The van der Waals surface area contributed by atoms with Gasteiger partial charge in [0.15, 0.2) is 5.76 Å². The number of hydrazone groups is 1. The highest BCUT2D eigenvalue weighted by molar-refractivity contribution is 9.10. The standard InChI is InChI=1S/C19H13BrFN3O3/c20-14-10-12(7-8-15(14)21)11-22-24-18(25)13-4-1-2-5-16(13)23-19(26)17-6-3-9-27-17/h1-11H,(H,23,26)(H,24,25)/b22-11-. The fourth-order valence-corrected chi connectivity index (χ4v) is 2.60. The van der Waals surface area contributed by atoms with Gasteiger partial charge in [-0.3, -0.25) is 9.59 Å². The highest BCUT2D eigenvalue weighted by Gasteiger charge is 2.15. The fraction of sp³-hybridized carbons (Fsp3) is 0. The van der Waals surface area contributed by atoms with E-state index in [1.165, 1.54) is 36.7 Å². The second-order valence-electron chi connectivity index (χ2n) is 5.35. The zero-order valence-electron chi connectivity index (χ0n) is 13.8. The molecule has 136 valence electrons. The number of hydrogen-bond donors (Lipinski definition) is 2. The van der Waals surface area contributed by atoms with Gasteiger partial charge in [-0.25, -0.2) is 9.82 Å². The lowest BCUT2D eigenvalue weighted by atomic mass is 10.1. The maximum absolute atomic E-state index is 13.2. The summed E-state index contributed by atoms with van der Waals surface area (Å²) in [6.45, 7) is 0. The number of carbonyl (C=O) groups excluding carboxylic acids is 2. The Morgan fingerprint density at radius 1 is 1.07 bits per heavy atom. The Hall–Kier alpha value is -3.26. The maximum Gasteiger partial charge on any atom is 0.291 e. The molecule has 0 unspecified atom stereocenters. The van der Waals surface area contributed by atoms with Crippen molar-refractivity contribution in [3.05, 3.63) is 88.0 Å². The molecule has 0 spiro atoms. The molecule has 0 bridgehead atoms. The van der Waals surface area contributed by atoms with Crippen molar-refractivity contribution < 1.29 is 18.4 Å². The van der Waals surface area contributed by atoms with Gasteiger partial charge in [0.1, 0.15) is 5.82 Å². The number of halogens is 2. The minimum atomic E-state index is -0.511. The Morgan fingerprint density at radius 3 is 2.63 bits per heavy atom. The molecule has 1 aromatic heterocycles. The summed E-state index contributed by atoms with van der Waals surface area (Å²) >= 11 is 3.08. The first kappa shape index (κ1) is 18.5. The van der Waals surface area contributed by atoms with E-state index >= 15 is 0 Å². The average Bonchev–Trinajstić information content (AvgIpc) is 3.20. The average molecular weight is 430 g/mol. The third-order valence-corrected chi connectivity index (χ3v) is 4.10. The lowest BCUT2D eigenvalue weighted by molar-refractivity contribution is 0.0956. The van der Waals surface area contributed by atoms with Gasteiger partial charge in [0.25, 0.3) is 11.8 Å². The molecule has 0 fully saturated rings. The summed E-state index contributed by atoms with van der Waals surface area (Å²) in [4.78, 5) is 24.5. The maximum atomic E-state index is 13.2. The molecule has 3 aromatic rings. The summed E-state index contributed by atoms with van der Waals surface area (Å²) in [7, 11) is 0. The van der Waals surface area contributed by atoms with Gasteiger partial charge in [-0.05, 0) is 57.9 Å². The Labute approximate surface area is 162 Å². The van der Waals surface area contributed by atoms with Gasteiger partial charge in [-0.2, -0.15) is 5.10 Å². The van der Waals surface area contributed by atoms with Crippen molar-refractivity contribution in [2.24, 2.45) is 5.10 Å². The summed E-state index contributed by atoms with van der Waals surface area (Å²) in [6.07, 6.45) is 2.77. The van der Waals surface area contributed by atoms with Crippen LogP contribution in [0.1, 0.15) is 26.5 Å². The lowest BCUT2D eigenvalue weighted by Gasteiger charge is -2.08. The molecule has 0 aliphatic carbocycles. The van der Waals surface area contributed by atoms with Gasteiger partial charge in [0, 0.05) is 0 Å². The highest BCUT2D eigenvalue weighted by Crippen LogP contribution is 2.17. The quantitative estimate of drug-likeness (QED) is 0.470. The van der Waals surface area contributed by atoms with E-state index in [1.807, 2.05) is 0 Å². The van der Waals surface area contributed by atoms with Gasteiger partial charge >= 0.3 is 0 Å². The minimum absolute atomic E-state index is 0.130. The summed E-state index contributed by atoms with van der Waals surface area (Å²) in [5, 5.41) is 6.48. The zero-order chi connectivity index (χ0) is 19.2. The van der Waals surface area contributed by atoms with Crippen molar-refractivity contribution >= 4 is 39.6 Å². The second-order valence-corrected chi connectivity index (χ2v) is 6.20. The number of anilines is 1. The number of furan rings is 1. The van der Waals surface area contributed by atoms with E-state index in [4.69, 9.17) is 4.42 Å². The summed E-state index contributed by atoms with van der Waals surface area (Å²) < 4.78 is 18.5. The third kappa shape index (κ3) is 4.68. The molecule has 0 radical (unpaired) electrons. The first-order chi connectivity index (χ1) is 13.0. The second kappa shape index (κ2) is 8.41. The Bertz CT molecular complexity index is 1000. The van der Waals surface area contributed by atoms with Crippen molar-refractivity contribution in [2.45, 2.75) is 0 Å². The number of hydrogen-bond acceptors (Lipinski definition) is 4. The van der Waals surface area contributed by atoms with Gasteiger partial charge < -0.3 is 9.73 Å². The summed E-state index contributed by atoms with van der Waals surface area (Å²) in [6, 6.07) is 13.9. The fourth-order valence-electron chi connectivity index (χ4n) is 2.20. The third-order valence-electron chi connectivity index (χ3n) is 3.49. The van der Waals surface area contributed by atoms with Crippen LogP contribution in [0.2, 0.25) is 0 Å². The van der Waals surface area contributed by atoms with E-state index < -0.39 is 17.6 Å². The molecule has 0 aliphatic heterocycles. The lowest BCUT2D eigenvalue weighted by Crippen LogP contribution is -2.21. The van der Waals surface area contributed by atoms with Gasteiger partial charge in [0.05, 0.1) is 28.2 Å². The van der Waals surface area contributed by atoms with Crippen LogP contribution in [0.3, 0.4) is 0 Å². The molecule has 3 rings (SSSR count). The van der Waals surface area contributed by atoms with E-state index in [2.05, 4.69) is 31.8 Å². The van der Waals surface area contributed by atoms with Crippen molar-refractivity contribution in [3.63, 3.8) is 0 Å². The SMILES string of the molecule is O=C(Nc1ccccc1C(=O)N/N=C\c1ccc(F)c(Br)c1)c1ccco1. The van der Waals surface area contributed by atoms with Crippen LogP contribution in [0, 0.1) is 5.82 Å². The molecule has 0 atom stereocenters. The van der Waals surface area contributed by atoms with Crippen LogP contribution in [0.4, 0.5) is 10.1 Å². The highest BCUT2D eigenvalue weighted by atomic mass is 79.9. The van der Waals surface area contributed by atoms with Crippen molar-refractivity contribution in [1.29, 1.82) is 0 Å². The summed E-state index contributed by atoms with van der Waals surface area (Å²) in [5.74, 6) is -1.25. The molecule has 2 aromatic carbocycles. The van der Waals surface area contributed by atoms with Crippen molar-refractivity contribution in [1.82, 2.24) is 5.43 Å². The predicted molar refractivity (Wildman–Crippen MR) is 102 cm³/mol. The number of carbonyl (C=O) groups is 2. The normalized spacial score (nSPS) is 10.7. The van der Waals surface area contributed by atoms with Crippen LogP contribution in [-0.2, 0) is 0 Å². The number of para-hydroxylation sites is 1. The monoisotopic (exact) mass is 429 g/mol. The van der Waals surface area contributed by atoms with Crippen LogP contribution < -0.4 is 10.7 Å². The molecular weight excluding hydrogens is 417 g/mol. The van der Waals surface area contributed by atoms with Crippen LogP contribution in [0.5, 0.6) is 0 Å². The number of benzene rings is 2. The van der Waals surface area contributed by atoms with Crippen molar-refractivity contribution in [3.8, 4) is 0 Å². The van der Waals surface area contributed by atoms with Crippen LogP contribution in [0.25, 0.3) is 0 Å². The number of nitrogens with one attached hydrogen (secondary N) is 2. The number of amides is 2. The molecule has 0 saturated carbocycles. The van der Waals surface area contributed by atoms with E-state index in [-0.39, 0.29) is 11.3 Å². The topological polar surface area (TPSA) is 83.7 Å². The predicted octanol–water partition coefficient (Wildman–Crippen LogP) is 4.20. The molecule has 27 heavy (non-hydrogen) atoms. The van der Waals surface area contributed by atoms with Gasteiger partial charge in [0.2, 0.25) is 0 Å². The van der Waals surface area contributed by atoms with Crippen LogP contribution >= 0.6 is 15.9 Å². The summed E-state index contributed by atoms with van der Waals surface area (Å²) in [5.41, 5.74) is 3.52. The molecule has 2 N–H and O–H groups in total. The largest absolute Gasteiger partial charge is 0.459 e. The molecule has 8 heteroatoms. The smallest absolute Gasteiger partial charge is 0.291 e. The van der Waals surface area contributed by atoms with E-state index in [0.29, 0.717) is 15.7 Å². The minimum Gasteiger partial charge on any atom is -0.459 e. The van der Waals surface area contributed by atoms with Gasteiger partial charge in [-0.15, -0.1) is 0 Å². The first-order valence-corrected chi connectivity index (χ1v) is 8.56.